The third-order valence-electron chi connectivity index (χ3n) is 3.54. The van der Waals surface area contributed by atoms with Crippen molar-refractivity contribution >= 4 is 26.9 Å². The van der Waals surface area contributed by atoms with Gasteiger partial charge in [0.25, 0.3) is 0 Å². The van der Waals surface area contributed by atoms with Gasteiger partial charge in [-0.25, -0.2) is 4.39 Å². The minimum Gasteiger partial charge on any atom is -0.461 e. The summed E-state index contributed by atoms with van der Waals surface area (Å²) in [6, 6.07) is 6.68. The molecule has 3 rings (SSSR count). The molecule has 3 heteroatoms. The molecule has 0 saturated heterocycles. The van der Waals surface area contributed by atoms with E-state index in [1.165, 1.54) is 31.4 Å². The highest BCUT2D eigenvalue weighted by Crippen LogP contribution is 2.39. The third kappa shape index (κ3) is 2.13. The Balaban J connectivity index is 1.99. The monoisotopic (exact) mass is 296 g/mol. The summed E-state index contributed by atoms with van der Waals surface area (Å²) in [5.74, 6) is 1.22. The van der Waals surface area contributed by atoms with Crippen LogP contribution >= 0.6 is 15.9 Å². The molecule has 0 radical (unpaired) electrons. The van der Waals surface area contributed by atoms with E-state index in [9.17, 15) is 4.39 Å². The predicted molar refractivity (Wildman–Crippen MR) is 70.1 cm³/mol. The van der Waals surface area contributed by atoms with Gasteiger partial charge in [-0.1, -0.05) is 28.8 Å². The molecule has 90 valence electrons. The fourth-order valence-electron chi connectivity index (χ4n) is 2.62. The van der Waals surface area contributed by atoms with Gasteiger partial charge in [-0.2, -0.15) is 0 Å². The molecule has 1 aromatic heterocycles. The fourth-order valence-corrected chi connectivity index (χ4v) is 3.47. The van der Waals surface area contributed by atoms with E-state index in [1.54, 1.807) is 6.07 Å². The zero-order chi connectivity index (χ0) is 11.8. The highest BCUT2D eigenvalue weighted by Gasteiger charge is 2.27. The van der Waals surface area contributed by atoms with Crippen molar-refractivity contribution in [3.63, 3.8) is 0 Å². The van der Waals surface area contributed by atoms with E-state index in [0.29, 0.717) is 10.7 Å². The highest BCUT2D eigenvalue weighted by molar-refractivity contribution is 9.09. The fraction of sp³-hybridized carbons (Fsp3) is 0.429. The summed E-state index contributed by atoms with van der Waals surface area (Å²) in [5, 5.41) is 0.866. The van der Waals surface area contributed by atoms with Gasteiger partial charge < -0.3 is 4.42 Å². The summed E-state index contributed by atoms with van der Waals surface area (Å²) in [5.41, 5.74) is 0.784. The van der Waals surface area contributed by atoms with Crippen LogP contribution in [0.15, 0.2) is 28.7 Å². The highest BCUT2D eigenvalue weighted by atomic mass is 79.9. The first kappa shape index (κ1) is 11.3. The number of halogens is 2. The Labute approximate surface area is 108 Å². The van der Waals surface area contributed by atoms with E-state index >= 15 is 0 Å². The molecule has 1 saturated carbocycles. The first-order chi connectivity index (χ1) is 8.24. The Hall–Kier alpha value is -0.830. The molecule has 2 aromatic rings. The third-order valence-corrected chi connectivity index (χ3v) is 4.64. The topological polar surface area (TPSA) is 13.1 Å². The molecule has 0 amide bonds. The Morgan fingerprint density at radius 3 is 2.82 bits per heavy atom. The van der Waals surface area contributed by atoms with Crippen molar-refractivity contribution < 1.29 is 8.81 Å². The summed E-state index contributed by atoms with van der Waals surface area (Å²) in [4.78, 5) is 0.488. The second-order valence-electron chi connectivity index (χ2n) is 4.74. The molecule has 0 bridgehead atoms. The van der Waals surface area contributed by atoms with E-state index in [1.807, 2.05) is 6.07 Å². The molecule has 2 unspecified atom stereocenters. The lowest BCUT2D eigenvalue weighted by Gasteiger charge is -2.25. The van der Waals surface area contributed by atoms with E-state index in [0.717, 1.165) is 23.2 Å². The van der Waals surface area contributed by atoms with Crippen LogP contribution < -0.4 is 0 Å². The van der Waals surface area contributed by atoms with Crippen LogP contribution in [0.1, 0.15) is 37.4 Å². The van der Waals surface area contributed by atoms with Crippen molar-refractivity contribution in [1.29, 1.82) is 0 Å². The number of furan rings is 1. The Morgan fingerprint density at radius 2 is 2.00 bits per heavy atom. The van der Waals surface area contributed by atoms with Crippen LogP contribution in [0, 0.1) is 5.82 Å². The van der Waals surface area contributed by atoms with Crippen molar-refractivity contribution in [1.82, 2.24) is 0 Å². The number of rotatable bonds is 1. The molecule has 1 nitrogen and oxygen atoms in total. The molecule has 17 heavy (non-hydrogen) atoms. The SMILES string of the molecule is Fc1ccc2oc(C3CCCCC3Br)cc2c1. The maximum absolute atomic E-state index is 13.1. The quantitative estimate of drug-likeness (QED) is 0.676. The molecule has 1 aliphatic rings. The lowest BCUT2D eigenvalue weighted by atomic mass is 9.87. The molecule has 2 atom stereocenters. The molecule has 0 spiro atoms. The number of fused-ring (bicyclic) bond motifs is 1. The lowest BCUT2D eigenvalue weighted by Crippen LogP contribution is -2.16. The van der Waals surface area contributed by atoms with Gasteiger partial charge >= 0.3 is 0 Å². The van der Waals surface area contributed by atoms with Gasteiger partial charge in [0.1, 0.15) is 17.2 Å². The summed E-state index contributed by atoms with van der Waals surface area (Å²) in [6.45, 7) is 0. The summed E-state index contributed by atoms with van der Waals surface area (Å²) in [6.07, 6.45) is 4.87. The minimum absolute atomic E-state index is 0.205. The average Bonchev–Trinajstić information content (AvgIpc) is 2.72. The molecular formula is C14H14BrFO. The zero-order valence-electron chi connectivity index (χ0n) is 9.46. The lowest BCUT2D eigenvalue weighted by molar-refractivity contribution is 0.398. The zero-order valence-corrected chi connectivity index (χ0v) is 11.0. The Morgan fingerprint density at radius 1 is 1.18 bits per heavy atom. The van der Waals surface area contributed by atoms with Gasteiger partial charge in [0, 0.05) is 16.1 Å². The summed E-state index contributed by atoms with van der Waals surface area (Å²) < 4.78 is 19.0. The van der Waals surface area contributed by atoms with Crippen molar-refractivity contribution in [2.45, 2.75) is 36.4 Å². The van der Waals surface area contributed by atoms with Crippen LogP contribution in [0.4, 0.5) is 4.39 Å². The van der Waals surface area contributed by atoms with Crippen LogP contribution in [0.25, 0.3) is 11.0 Å². The van der Waals surface area contributed by atoms with Crippen molar-refractivity contribution in [2.75, 3.05) is 0 Å². The summed E-state index contributed by atoms with van der Waals surface area (Å²) in [7, 11) is 0. The van der Waals surface area contributed by atoms with Crippen LogP contribution in [0.2, 0.25) is 0 Å². The van der Waals surface area contributed by atoms with Gasteiger partial charge in [0.15, 0.2) is 0 Å². The molecule has 1 heterocycles. The Bertz CT molecular complexity index is 534. The van der Waals surface area contributed by atoms with E-state index in [4.69, 9.17) is 4.42 Å². The standard InChI is InChI=1S/C14H14BrFO/c15-12-4-2-1-3-11(12)14-8-9-7-10(16)5-6-13(9)17-14/h5-8,11-12H,1-4H2. The second kappa shape index (κ2) is 4.45. The Kier molecular flexibility index (Phi) is 2.95. The normalized spacial score (nSPS) is 25.3. The van der Waals surface area contributed by atoms with Gasteiger partial charge in [-0.05, 0) is 37.1 Å². The molecule has 1 aliphatic carbocycles. The van der Waals surface area contributed by atoms with Crippen molar-refractivity contribution in [3.8, 4) is 0 Å². The van der Waals surface area contributed by atoms with E-state index in [2.05, 4.69) is 15.9 Å². The van der Waals surface area contributed by atoms with Gasteiger partial charge in [0.05, 0.1) is 0 Å². The smallest absolute Gasteiger partial charge is 0.134 e. The van der Waals surface area contributed by atoms with Crippen LogP contribution in [0.3, 0.4) is 0 Å². The van der Waals surface area contributed by atoms with Gasteiger partial charge in [-0.3, -0.25) is 0 Å². The average molecular weight is 297 g/mol. The van der Waals surface area contributed by atoms with Gasteiger partial charge in [-0.15, -0.1) is 0 Å². The predicted octanol–water partition coefficient (Wildman–Crippen LogP) is 4.99. The van der Waals surface area contributed by atoms with E-state index < -0.39 is 0 Å². The minimum atomic E-state index is -0.205. The van der Waals surface area contributed by atoms with Crippen LogP contribution in [0.5, 0.6) is 0 Å². The number of benzene rings is 1. The van der Waals surface area contributed by atoms with Crippen LogP contribution in [-0.2, 0) is 0 Å². The maximum Gasteiger partial charge on any atom is 0.134 e. The molecule has 1 aromatic carbocycles. The molecule has 0 aliphatic heterocycles. The van der Waals surface area contributed by atoms with E-state index in [-0.39, 0.29) is 5.82 Å². The second-order valence-corrected chi connectivity index (χ2v) is 5.91. The van der Waals surface area contributed by atoms with Crippen molar-refractivity contribution in [2.24, 2.45) is 0 Å². The largest absolute Gasteiger partial charge is 0.461 e. The molecule has 0 N–H and O–H groups in total. The number of alkyl halides is 1. The van der Waals surface area contributed by atoms with Crippen molar-refractivity contribution in [3.05, 3.63) is 35.8 Å². The van der Waals surface area contributed by atoms with Crippen LogP contribution in [-0.4, -0.2) is 4.83 Å². The number of hydrogen-bond acceptors (Lipinski definition) is 1. The molecular weight excluding hydrogens is 283 g/mol. The first-order valence-corrected chi connectivity index (χ1v) is 6.99. The van der Waals surface area contributed by atoms with Gasteiger partial charge in [0.2, 0.25) is 0 Å². The number of hydrogen-bond donors (Lipinski definition) is 0. The summed E-state index contributed by atoms with van der Waals surface area (Å²) >= 11 is 3.73. The first-order valence-electron chi connectivity index (χ1n) is 6.07. The molecule has 1 fully saturated rings. The maximum atomic E-state index is 13.1.